The number of methoxy groups -OCH3 is 1. The number of rotatable bonds is 7. The first-order chi connectivity index (χ1) is 9.56. The number of likely N-dealkylation sites (N-methyl/N-ethyl adjacent to an activating group) is 1. The maximum atomic E-state index is 11.9. The maximum Gasteiger partial charge on any atom is 0.325 e. The van der Waals surface area contributed by atoms with E-state index >= 15 is 0 Å². The third-order valence-corrected chi connectivity index (χ3v) is 2.86. The lowest BCUT2D eigenvalue weighted by molar-refractivity contribution is -0.147. The lowest BCUT2D eigenvalue weighted by Crippen LogP contribution is -2.36. The van der Waals surface area contributed by atoms with Crippen LogP contribution in [0.3, 0.4) is 0 Å². The second-order valence-electron chi connectivity index (χ2n) is 4.40. The van der Waals surface area contributed by atoms with Crippen LogP contribution in [0.25, 0.3) is 0 Å². The van der Waals surface area contributed by atoms with Crippen molar-refractivity contribution >= 4 is 11.9 Å². The smallest absolute Gasteiger partial charge is 0.325 e. The maximum absolute atomic E-state index is 11.9. The number of carbonyl (C=O) groups excluding carboxylic acids is 2. The quantitative estimate of drug-likeness (QED) is 0.714. The van der Waals surface area contributed by atoms with Gasteiger partial charge in [0.15, 0.2) is 0 Å². The van der Waals surface area contributed by atoms with E-state index in [1.165, 1.54) is 12.0 Å². The second kappa shape index (κ2) is 8.19. The van der Waals surface area contributed by atoms with Gasteiger partial charge in [-0.05, 0) is 31.5 Å². The fraction of sp³-hybridized carbons (Fsp3) is 0.467. The lowest BCUT2D eigenvalue weighted by atomic mass is 10.2. The molecule has 0 spiro atoms. The van der Waals surface area contributed by atoms with E-state index in [-0.39, 0.29) is 18.9 Å². The monoisotopic (exact) mass is 279 g/mol. The summed E-state index contributed by atoms with van der Waals surface area (Å²) in [6.45, 7) is 4.55. The largest absolute Gasteiger partial charge is 0.493 e. The molecule has 1 aromatic rings. The Hall–Kier alpha value is -2.04. The molecule has 0 saturated carbocycles. The van der Waals surface area contributed by atoms with Crippen LogP contribution in [0.2, 0.25) is 0 Å². The van der Waals surface area contributed by atoms with E-state index in [0.717, 1.165) is 11.3 Å². The van der Waals surface area contributed by atoms with E-state index in [1.54, 1.807) is 0 Å². The number of hydrogen-bond acceptors (Lipinski definition) is 4. The van der Waals surface area contributed by atoms with Crippen molar-refractivity contribution in [2.75, 3.05) is 26.8 Å². The molecule has 0 bridgehead atoms. The van der Waals surface area contributed by atoms with Crippen LogP contribution in [0.15, 0.2) is 24.3 Å². The summed E-state index contributed by atoms with van der Waals surface area (Å²) >= 11 is 0. The van der Waals surface area contributed by atoms with Crippen molar-refractivity contribution < 1.29 is 19.1 Å². The van der Waals surface area contributed by atoms with Gasteiger partial charge in [0, 0.05) is 6.54 Å². The molecule has 0 atom stereocenters. The van der Waals surface area contributed by atoms with Crippen LogP contribution >= 0.6 is 0 Å². The molecule has 110 valence electrons. The van der Waals surface area contributed by atoms with Crippen molar-refractivity contribution in [1.82, 2.24) is 4.90 Å². The molecule has 1 aromatic carbocycles. The number of nitrogens with zero attached hydrogens (tertiary/aromatic N) is 1. The van der Waals surface area contributed by atoms with Crippen LogP contribution in [0.5, 0.6) is 5.75 Å². The molecule has 0 aliphatic heterocycles. The predicted molar refractivity (Wildman–Crippen MR) is 75.6 cm³/mol. The van der Waals surface area contributed by atoms with Crippen LogP contribution in [0, 0.1) is 6.92 Å². The molecular formula is C15H21NO4. The summed E-state index contributed by atoms with van der Waals surface area (Å²) in [5.74, 6) is 0.208. The SMILES string of the molecule is CCN(CC(=O)OC)C(=O)CCOc1cccc(C)c1. The zero-order valence-corrected chi connectivity index (χ0v) is 12.2. The van der Waals surface area contributed by atoms with Gasteiger partial charge in [-0.1, -0.05) is 12.1 Å². The first-order valence-electron chi connectivity index (χ1n) is 6.61. The number of aryl methyl sites for hydroxylation is 1. The number of ether oxygens (including phenoxy) is 2. The van der Waals surface area contributed by atoms with Gasteiger partial charge in [-0.25, -0.2) is 0 Å². The zero-order chi connectivity index (χ0) is 15.0. The van der Waals surface area contributed by atoms with Gasteiger partial charge in [0.2, 0.25) is 5.91 Å². The first-order valence-corrected chi connectivity index (χ1v) is 6.61. The molecular weight excluding hydrogens is 258 g/mol. The van der Waals surface area contributed by atoms with Gasteiger partial charge < -0.3 is 14.4 Å². The summed E-state index contributed by atoms with van der Waals surface area (Å²) in [4.78, 5) is 24.5. The molecule has 0 aliphatic rings. The summed E-state index contributed by atoms with van der Waals surface area (Å²) in [6.07, 6.45) is 0.235. The average molecular weight is 279 g/mol. The summed E-state index contributed by atoms with van der Waals surface area (Å²) in [7, 11) is 1.31. The Balaban J connectivity index is 2.39. The molecule has 0 aliphatic carbocycles. The topological polar surface area (TPSA) is 55.8 Å². The molecule has 0 saturated heterocycles. The highest BCUT2D eigenvalue weighted by Crippen LogP contribution is 2.12. The Labute approximate surface area is 119 Å². The molecule has 0 fully saturated rings. The van der Waals surface area contributed by atoms with E-state index in [1.807, 2.05) is 38.1 Å². The molecule has 1 rings (SSSR count). The molecule has 0 unspecified atom stereocenters. The molecule has 5 nitrogen and oxygen atoms in total. The molecule has 0 radical (unpaired) electrons. The molecule has 1 amide bonds. The van der Waals surface area contributed by atoms with Crippen molar-refractivity contribution in [3.05, 3.63) is 29.8 Å². The summed E-state index contributed by atoms with van der Waals surface area (Å²) in [6, 6.07) is 7.65. The van der Waals surface area contributed by atoms with Crippen LogP contribution in [0.1, 0.15) is 18.9 Å². The number of benzene rings is 1. The number of carbonyl (C=O) groups is 2. The van der Waals surface area contributed by atoms with Gasteiger partial charge in [0.05, 0.1) is 20.1 Å². The average Bonchev–Trinajstić information content (AvgIpc) is 2.44. The highest BCUT2D eigenvalue weighted by Gasteiger charge is 2.15. The Morgan fingerprint density at radius 3 is 2.65 bits per heavy atom. The van der Waals surface area contributed by atoms with E-state index < -0.39 is 5.97 Å². The standard InChI is InChI=1S/C15H21NO4/c1-4-16(11-15(18)19-3)14(17)8-9-20-13-7-5-6-12(2)10-13/h5-7,10H,4,8-9,11H2,1-3H3. The van der Waals surface area contributed by atoms with E-state index in [2.05, 4.69) is 4.74 Å². The van der Waals surface area contributed by atoms with E-state index in [9.17, 15) is 9.59 Å². The Kier molecular flexibility index (Phi) is 6.56. The predicted octanol–water partition coefficient (Wildman–Crippen LogP) is 1.79. The molecule has 0 aromatic heterocycles. The van der Waals surface area contributed by atoms with Crippen LogP contribution in [0.4, 0.5) is 0 Å². The number of hydrogen-bond donors (Lipinski definition) is 0. The van der Waals surface area contributed by atoms with Gasteiger partial charge in [-0.15, -0.1) is 0 Å². The Morgan fingerprint density at radius 1 is 1.30 bits per heavy atom. The van der Waals surface area contributed by atoms with Gasteiger partial charge in [0.1, 0.15) is 12.3 Å². The fourth-order valence-electron chi connectivity index (χ4n) is 1.72. The summed E-state index contributed by atoms with van der Waals surface area (Å²) in [5.41, 5.74) is 1.11. The van der Waals surface area contributed by atoms with Crippen molar-refractivity contribution in [2.45, 2.75) is 20.3 Å². The van der Waals surface area contributed by atoms with Crippen molar-refractivity contribution in [2.24, 2.45) is 0 Å². The minimum absolute atomic E-state index is 0.0176. The second-order valence-corrected chi connectivity index (χ2v) is 4.40. The summed E-state index contributed by atoms with van der Waals surface area (Å²) in [5, 5.41) is 0. The van der Waals surface area contributed by atoms with Gasteiger partial charge in [0.25, 0.3) is 0 Å². The third kappa shape index (κ3) is 5.30. The van der Waals surface area contributed by atoms with Crippen molar-refractivity contribution in [1.29, 1.82) is 0 Å². The third-order valence-electron chi connectivity index (χ3n) is 2.86. The van der Waals surface area contributed by atoms with Crippen LogP contribution in [-0.4, -0.2) is 43.6 Å². The molecule has 5 heteroatoms. The van der Waals surface area contributed by atoms with Crippen molar-refractivity contribution in [3.63, 3.8) is 0 Å². The number of esters is 1. The Bertz CT molecular complexity index is 459. The minimum atomic E-state index is -0.417. The van der Waals surface area contributed by atoms with Crippen LogP contribution in [-0.2, 0) is 14.3 Å². The summed E-state index contributed by atoms with van der Waals surface area (Å²) < 4.78 is 10.1. The van der Waals surface area contributed by atoms with Gasteiger partial charge in [-0.2, -0.15) is 0 Å². The first kappa shape index (κ1) is 16.0. The van der Waals surface area contributed by atoms with Gasteiger partial charge in [-0.3, -0.25) is 9.59 Å². The normalized spacial score (nSPS) is 9.95. The zero-order valence-electron chi connectivity index (χ0n) is 12.2. The fourth-order valence-corrected chi connectivity index (χ4v) is 1.72. The van der Waals surface area contributed by atoms with E-state index in [0.29, 0.717) is 13.2 Å². The molecule has 0 N–H and O–H groups in total. The highest BCUT2D eigenvalue weighted by atomic mass is 16.5. The number of amides is 1. The molecule has 20 heavy (non-hydrogen) atoms. The highest BCUT2D eigenvalue weighted by molar-refractivity contribution is 5.82. The Morgan fingerprint density at radius 2 is 2.05 bits per heavy atom. The minimum Gasteiger partial charge on any atom is -0.493 e. The lowest BCUT2D eigenvalue weighted by Gasteiger charge is -2.19. The molecule has 0 heterocycles. The van der Waals surface area contributed by atoms with Crippen LogP contribution < -0.4 is 4.74 Å². The van der Waals surface area contributed by atoms with Gasteiger partial charge >= 0.3 is 5.97 Å². The van der Waals surface area contributed by atoms with Crippen molar-refractivity contribution in [3.8, 4) is 5.75 Å². The van der Waals surface area contributed by atoms with E-state index in [4.69, 9.17) is 4.74 Å².